The number of nitrogens with one attached hydrogen (secondary N) is 1. The van der Waals surface area contributed by atoms with E-state index < -0.39 is 6.10 Å². The maximum absolute atomic E-state index is 9.65. The molecule has 0 spiro atoms. The highest BCUT2D eigenvalue weighted by Gasteiger charge is 2.27. The number of nitrogens with zero attached hydrogens (tertiary/aromatic N) is 6. The van der Waals surface area contributed by atoms with Crippen molar-refractivity contribution in [2.24, 2.45) is 0 Å². The smallest absolute Gasteiger partial charge is 0.156 e. The molecular weight excluding hydrogens is 390 g/mol. The molecule has 1 saturated heterocycles. The van der Waals surface area contributed by atoms with Crippen LogP contribution in [-0.2, 0) is 0 Å². The summed E-state index contributed by atoms with van der Waals surface area (Å²) in [5, 5.41) is 22.0. The van der Waals surface area contributed by atoms with Crippen molar-refractivity contribution >= 4 is 23.1 Å². The monoisotopic (exact) mass is 419 g/mol. The molecule has 1 aliphatic rings. The van der Waals surface area contributed by atoms with E-state index >= 15 is 0 Å². The van der Waals surface area contributed by atoms with Gasteiger partial charge in [-0.15, -0.1) is 10.2 Å². The molecule has 2 unspecified atom stereocenters. The van der Waals surface area contributed by atoms with Gasteiger partial charge in [0.1, 0.15) is 5.82 Å². The average Bonchev–Trinajstić information content (AvgIpc) is 2.78. The summed E-state index contributed by atoms with van der Waals surface area (Å²) >= 11 is 0. The van der Waals surface area contributed by atoms with Gasteiger partial charge in [-0.3, -0.25) is 4.98 Å². The molecule has 1 fully saturated rings. The van der Waals surface area contributed by atoms with Crippen LogP contribution in [0.2, 0.25) is 0 Å². The first kappa shape index (κ1) is 21.0. The van der Waals surface area contributed by atoms with Gasteiger partial charge >= 0.3 is 0 Å². The normalized spacial score (nSPS) is 17.5. The van der Waals surface area contributed by atoms with Crippen molar-refractivity contribution in [1.82, 2.24) is 20.2 Å². The Morgan fingerprint density at radius 1 is 1.03 bits per heavy atom. The second-order valence-corrected chi connectivity index (χ2v) is 8.08. The number of rotatable bonds is 5. The van der Waals surface area contributed by atoms with Crippen molar-refractivity contribution in [3.05, 3.63) is 59.5 Å². The quantitative estimate of drug-likeness (QED) is 0.650. The van der Waals surface area contributed by atoms with Crippen LogP contribution in [0.25, 0.3) is 0 Å². The minimum absolute atomic E-state index is 0.240. The average molecular weight is 420 g/mol. The first-order valence-electron chi connectivity index (χ1n) is 10.6. The molecule has 162 valence electrons. The summed E-state index contributed by atoms with van der Waals surface area (Å²) in [7, 11) is 0. The highest BCUT2D eigenvalue weighted by atomic mass is 16.3. The van der Waals surface area contributed by atoms with Gasteiger partial charge in [0.05, 0.1) is 24.2 Å². The van der Waals surface area contributed by atoms with Crippen LogP contribution >= 0.6 is 0 Å². The fourth-order valence-electron chi connectivity index (χ4n) is 3.86. The first-order valence-corrected chi connectivity index (χ1v) is 10.6. The number of aliphatic hydroxyl groups excluding tert-OH is 1. The summed E-state index contributed by atoms with van der Waals surface area (Å²) in [6.45, 7) is 10.5. The van der Waals surface area contributed by atoms with Crippen LogP contribution in [-0.4, -0.2) is 50.9 Å². The largest absolute Gasteiger partial charge is 0.387 e. The predicted molar refractivity (Wildman–Crippen MR) is 123 cm³/mol. The Morgan fingerprint density at radius 2 is 1.81 bits per heavy atom. The van der Waals surface area contributed by atoms with E-state index in [0.29, 0.717) is 5.69 Å². The maximum Gasteiger partial charge on any atom is 0.156 e. The van der Waals surface area contributed by atoms with E-state index in [1.54, 1.807) is 19.3 Å². The van der Waals surface area contributed by atoms with E-state index in [1.807, 2.05) is 30.3 Å². The number of anilines is 4. The van der Waals surface area contributed by atoms with E-state index in [0.717, 1.165) is 53.9 Å². The molecule has 8 heteroatoms. The fraction of sp³-hybridized carbons (Fsp3) is 0.391. The summed E-state index contributed by atoms with van der Waals surface area (Å²) in [4.78, 5) is 13.4. The minimum atomic E-state index is -0.611. The SMILES string of the molecule is Cc1c(Nc2ccccc2)nnc(N2CCN(c3cnc(C(C)O)cn3)C(C)C2)c1C. The number of piperazine rings is 1. The number of aliphatic hydroxyl groups is 1. The van der Waals surface area contributed by atoms with Gasteiger partial charge in [-0.25, -0.2) is 4.98 Å². The summed E-state index contributed by atoms with van der Waals surface area (Å²) in [6, 6.07) is 10.3. The lowest BCUT2D eigenvalue weighted by Gasteiger charge is -2.41. The Hall–Kier alpha value is -3.26. The second kappa shape index (κ2) is 8.85. The third kappa shape index (κ3) is 4.44. The Labute approximate surface area is 183 Å². The van der Waals surface area contributed by atoms with E-state index in [-0.39, 0.29) is 6.04 Å². The van der Waals surface area contributed by atoms with Gasteiger partial charge in [0.25, 0.3) is 0 Å². The van der Waals surface area contributed by atoms with Gasteiger partial charge < -0.3 is 20.2 Å². The van der Waals surface area contributed by atoms with E-state index in [9.17, 15) is 5.11 Å². The topological polar surface area (TPSA) is 90.3 Å². The van der Waals surface area contributed by atoms with Crippen LogP contribution in [0.3, 0.4) is 0 Å². The highest BCUT2D eigenvalue weighted by Crippen LogP contribution is 2.28. The molecule has 3 aromatic rings. The van der Waals surface area contributed by atoms with E-state index in [1.165, 1.54) is 0 Å². The van der Waals surface area contributed by atoms with Gasteiger partial charge in [-0.05, 0) is 39.8 Å². The fourth-order valence-corrected chi connectivity index (χ4v) is 3.86. The molecule has 0 saturated carbocycles. The van der Waals surface area contributed by atoms with Crippen molar-refractivity contribution in [3.8, 4) is 0 Å². The molecule has 31 heavy (non-hydrogen) atoms. The lowest BCUT2D eigenvalue weighted by atomic mass is 10.1. The Morgan fingerprint density at radius 3 is 2.45 bits per heavy atom. The standard InChI is InChI=1S/C23H29N7O/c1-15-14-29(10-11-30(15)21-13-24-20(12-25-21)18(4)31)23-17(3)16(2)22(27-28-23)26-19-8-6-5-7-9-19/h5-9,12-13,15,18,31H,10-11,14H2,1-4H3,(H,26,27). The van der Waals surface area contributed by atoms with Crippen molar-refractivity contribution in [2.45, 2.75) is 39.8 Å². The second-order valence-electron chi connectivity index (χ2n) is 8.08. The molecular formula is C23H29N7O. The van der Waals surface area contributed by atoms with Gasteiger partial charge in [0.15, 0.2) is 11.6 Å². The van der Waals surface area contributed by atoms with Crippen LogP contribution in [0.5, 0.6) is 0 Å². The predicted octanol–water partition coefficient (Wildman–Crippen LogP) is 3.40. The molecule has 0 bridgehead atoms. The zero-order valence-electron chi connectivity index (χ0n) is 18.4. The zero-order valence-corrected chi connectivity index (χ0v) is 18.4. The molecule has 2 atom stereocenters. The van der Waals surface area contributed by atoms with Crippen LogP contribution in [0.1, 0.15) is 36.8 Å². The van der Waals surface area contributed by atoms with Crippen LogP contribution in [0.4, 0.5) is 23.1 Å². The highest BCUT2D eigenvalue weighted by molar-refractivity contribution is 5.64. The maximum atomic E-state index is 9.65. The van der Waals surface area contributed by atoms with E-state index in [4.69, 9.17) is 0 Å². The van der Waals surface area contributed by atoms with Gasteiger partial charge in [0.2, 0.25) is 0 Å². The number of aromatic nitrogens is 4. The zero-order chi connectivity index (χ0) is 22.0. The third-order valence-corrected chi connectivity index (χ3v) is 5.84. The summed E-state index contributed by atoms with van der Waals surface area (Å²) < 4.78 is 0. The molecule has 4 rings (SSSR count). The Kier molecular flexibility index (Phi) is 5.99. The van der Waals surface area contributed by atoms with Gasteiger partial charge in [-0.1, -0.05) is 18.2 Å². The number of hydrogen-bond acceptors (Lipinski definition) is 8. The van der Waals surface area contributed by atoms with Crippen LogP contribution in [0.15, 0.2) is 42.7 Å². The molecule has 8 nitrogen and oxygen atoms in total. The van der Waals surface area contributed by atoms with Crippen LogP contribution < -0.4 is 15.1 Å². The number of para-hydroxylation sites is 1. The molecule has 1 aromatic carbocycles. The lowest BCUT2D eigenvalue weighted by Crippen LogP contribution is -2.53. The molecule has 2 N–H and O–H groups in total. The molecule has 0 radical (unpaired) electrons. The Balaban J connectivity index is 1.48. The first-order chi connectivity index (χ1) is 14.9. The summed E-state index contributed by atoms with van der Waals surface area (Å²) in [5.74, 6) is 2.55. The van der Waals surface area contributed by atoms with Crippen molar-refractivity contribution in [3.63, 3.8) is 0 Å². The van der Waals surface area contributed by atoms with E-state index in [2.05, 4.69) is 56.1 Å². The molecule has 3 heterocycles. The van der Waals surface area contributed by atoms with Gasteiger partial charge in [0, 0.05) is 42.5 Å². The third-order valence-electron chi connectivity index (χ3n) is 5.84. The summed E-state index contributed by atoms with van der Waals surface area (Å²) in [5.41, 5.74) is 3.82. The van der Waals surface area contributed by atoms with Gasteiger partial charge in [-0.2, -0.15) is 0 Å². The Bertz CT molecular complexity index is 1020. The van der Waals surface area contributed by atoms with Crippen molar-refractivity contribution in [2.75, 3.05) is 34.8 Å². The van der Waals surface area contributed by atoms with Crippen molar-refractivity contribution < 1.29 is 5.11 Å². The molecule has 1 aliphatic heterocycles. The number of benzene rings is 1. The van der Waals surface area contributed by atoms with Crippen molar-refractivity contribution in [1.29, 1.82) is 0 Å². The molecule has 0 aliphatic carbocycles. The molecule has 2 aromatic heterocycles. The van der Waals surface area contributed by atoms with Crippen LogP contribution in [0, 0.1) is 13.8 Å². The lowest BCUT2D eigenvalue weighted by molar-refractivity contribution is 0.194. The molecule has 0 amide bonds. The minimum Gasteiger partial charge on any atom is -0.387 e. The summed E-state index contributed by atoms with van der Waals surface area (Å²) in [6.07, 6.45) is 2.78. The number of hydrogen-bond donors (Lipinski definition) is 2.